The molecule has 4 heteroatoms. The molecule has 0 atom stereocenters. The van der Waals surface area contributed by atoms with Crippen molar-refractivity contribution in [2.24, 2.45) is 0 Å². The fourth-order valence-electron chi connectivity index (χ4n) is 1.85. The van der Waals surface area contributed by atoms with E-state index in [1.807, 2.05) is 17.5 Å². The zero-order valence-corrected chi connectivity index (χ0v) is 10.1. The minimum Gasteiger partial charge on any atom is -0.287 e. The van der Waals surface area contributed by atoms with Gasteiger partial charge < -0.3 is 0 Å². The Labute approximate surface area is 107 Å². The van der Waals surface area contributed by atoms with Crippen molar-refractivity contribution in [2.75, 3.05) is 0 Å². The lowest BCUT2D eigenvalue weighted by Crippen LogP contribution is -2.06. The Bertz CT molecular complexity index is 735. The third-order valence-electron chi connectivity index (χ3n) is 2.70. The first-order valence-electron chi connectivity index (χ1n) is 5.39. The van der Waals surface area contributed by atoms with Crippen LogP contribution in [0.4, 0.5) is 4.39 Å². The molecule has 0 aliphatic carbocycles. The van der Waals surface area contributed by atoms with Gasteiger partial charge in [-0.3, -0.25) is 4.79 Å². The molecule has 18 heavy (non-hydrogen) atoms. The molecule has 0 aliphatic heterocycles. The number of carbonyl (C=O) groups is 1. The molecule has 3 aromatic rings. The average molecular weight is 257 g/mol. The maximum Gasteiger partial charge on any atom is 0.215 e. The highest BCUT2D eigenvalue weighted by Gasteiger charge is 2.17. The maximum atomic E-state index is 13.6. The SMILES string of the molecule is O=C(c1ncccc1F)c1cccc2ccsc12. The Morgan fingerprint density at radius 1 is 1.17 bits per heavy atom. The molecule has 0 saturated carbocycles. The van der Waals surface area contributed by atoms with Crippen LogP contribution < -0.4 is 0 Å². The molecule has 1 aromatic carbocycles. The van der Waals surface area contributed by atoms with Crippen molar-refractivity contribution in [1.29, 1.82) is 0 Å². The molecule has 0 radical (unpaired) electrons. The Hall–Kier alpha value is -2.07. The summed E-state index contributed by atoms with van der Waals surface area (Å²) < 4.78 is 14.4. The molecule has 3 rings (SSSR count). The number of rotatable bonds is 2. The number of aromatic nitrogens is 1. The molecule has 2 nitrogen and oxygen atoms in total. The number of nitrogens with zero attached hydrogens (tertiary/aromatic N) is 1. The second-order valence-electron chi connectivity index (χ2n) is 3.81. The smallest absolute Gasteiger partial charge is 0.215 e. The van der Waals surface area contributed by atoms with E-state index in [9.17, 15) is 9.18 Å². The summed E-state index contributed by atoms with van der Waals surface area (Å²) in [6.45, 7) is 0. The standard InChI is InChI=1S/C14H8FNOS/c15-11-5-2-7-16-12(11)13(17)10-4-1-3-9-6-8-18-14(9)10/h1-8H. The predicted octanol–water partition coefficient (Wildman–Crippen LogP) is 3.67. The van der Waals surface area contributed by atoms with Crippen molar-refractivity contribution in [3.63, 3.8) is 0 Å². The van der Waals surface area contributed by atoms with E-state index in [2.05, 4.69) is 4.98 Å². The average Bonchev–Trinajstić information content (AvgIpc) is 2.86. The van der Waals surface area contributed by atoms with Crippen molar-refractivity contribution < 1.29 is 9.18 Å². The van der Waals surface area contributed by atoms with Crippen molar-refractivity contribution in [3.8, 4) is 0 Å². The van der Waals surface area contributed by atoms with Gasteiger partial charge in [0.05, 0.1) is 0 Å². The van der Waals surface area contributed by atoms with Gasteiger partial charge in [0, 0.05) is 16.5 Å². The number of fused-ring (bicyclic) bond motifs is 1. The van der Waals surface area contributed by atoms with Crippen molar-refractivity contribution in [3.05, 3.63) is 65.0 Å². The molecule has 0 saturated heterocycles. The summed E-state index contributed by atoms with van der Waals surface area (Å²) in [5, 5.41) is 2.90. The molecule has 88 valence electrons. The fraction of sp³-hybridized carbons (Fsp3) is 0. The van der Waals surface area contributed by atoms with Crippen LogP contribution in [0.2, 0.25) is 0 Å². The van der Waals surface area contributed by atoms with Crippen LogP contribution in [0.15, 0.2) is 48.0 Å². The van der Waals surface area contributed by atoms with Crippen LogP contribution in [0.1, 0.15) is 16.1 Å². The first-order valence-corrected chi connectivity index (χ1v) is 6.27. The zero-order chi connectivity index (χ0) is 12.5. The van der Waals surface area contributed by atoms with Crippen LogP contribution in [-0.4, -0.2) is 10.8 Å². The van der Waals surface area contributed by atoms with Gasteiger partial charge in [-0.05, 0) is 35.0 Å². The molecule has 0 aliphatic rings. The van der Waals surface area contributed by atoms with Crippen LogP contribution in [0, 0.1) is 5.82 Å². The summed E-state index contributed by atoms with van der Waals surface area (Å²) >= 11 is 1.47. The van der Waals surface area contributed by atoms with Crippen LogP contribution >= 0.6 is 11.3 Å². The Morgan fingerprint density at radius 3 is 2.89 bits per heavy atom. The van der Waals surface area contributed by atoms with Crippen LogP contribution in [0.25, 0.3) is 10.1 Å². The predicted molar refractivity (Wildman–Crippen MR) is 69.5 cm³/mol. The number of hydrogen-bond donors (Lipinski definition) is 0. The highest BCUT2D eigenvalue weighted by molar-refractivity contribution is 7.17. The van der Waals surface area contributed by atoms with E-state index in [4.69, 9.17) is 0 Å². The molecule has 0 fully saturated rings. The van der Waals surface area contributed by atoms with E-state index in [0.29, 0.717) is 5.56 Å². The van der Waals surface area contributed by atoms with Crippen LogP contribution in [0.5, 0.6) is 0 Å². The van der Waals surface area contributed by atoms with Gasteiger partial charge in [0.1, 0.15) is 5.69 Å². The molecule has 2 heterocycles. The monoisotopic (exact) mass is 257 g/mol. The topological polar surface area (TPSA) is 30.0 Å². The third-order valence-corrected chi connectivity index (χ3v) is 3.66. The van der Waals surface area contributed by atoms with Gasteiger partial charge in [-0.15, -0.1) is 11.3 Å². The lowest BCUT2D eigenvalue weighted by Gasteiger charge is -2.02. The van der Waals surface area contributed by atoms with E-state index in [-0.39, 0.29) is 11.5 Å². The Morgan fingerprint density at radius 2 is 2.06 bits per heavy atom. The normalized spacial score (nSPS) is 10.7. The summed E-state index contributed by atoms with van der Waals surface area (Å²) in [5.74, 6) is -0.961. The summed E-state index contributed by atoms with van der Waals surface area (Å²) in [6.07, 6.45) is 1.42. The molecule has 0 unspecified atom stereocenters. The van der Waals surface area contributed by atoms with Crippen molar-refractivity contribution in [2.45, 2.75) is 0 Å². The second kappa shape index (κ2) is 4.31. The van der Waals surface area contributed by atoms with E-state index < -0.39 is 5.82 Å². The minimum atomic E-state index is -0.587. The van der Waals surface area contributed by atoms with Crippen molar-refractivity contribution in [1.82, 2.24) is 4.98 Å². The van der Waals surface area contributed by atoms with Crippen LogP contribution in [0.3, 0.4) is 0 Å². The van der Waals surface area contributed by atoms with Gasteiger partial charge in [0.25, 0.3) is 0 Å². The summed E-state index contributed by atoms with van der Waals surface area (Å²) in [7, 11) is 0. The Balaban J connectivity index is 2.18. The molecular formula is C14H8FNOS. The number of carbonyl (C=O) groups excluding carboxylic acids is 1. The number of ketones is 1. The van der Waals surface area contributed by atoms with Gasteiger partial charge in [0.15, 0.2) is 5.82 Å². The lowest BCUT2D eigenvalue weighted by atomic mass is 10.1. The molecular weight excluding hydrogens is 249 g/mol. The molecule has 0 N–H and O–H groups in total. The summed E-state index contributed by atoms with van der Waals surface area (Å²) in [6, 6.07) is 10.1. The lowest BCUT2D eigenvalue weighted by molar-refractivity contribution is 0.103. The summed E-state index contributed by atoms with van der Waals surface area (Å²) in [5.41, 5.74) is 0.374. The maximum absolute atomic E-state index is 13.6. The third kappa shape index (κ3) is 1.71. The zero-order valence-electron chi connectivity index (χ0n) is 9.26. The quantitative estimate of drug-likeness (QED) is 0.656. The van der Waals surface area contributed by atoms with E-state index >= 15 is 0 Å². The minimum absolute atomic E-state index is 0.126. The van der Waals surface area contributed by atoms with E-state index in [1.165, 1.54) is 29.7 Å². The van der Waals surface area contributed by atoms with Crippen molar-refractivity contribution >= 4 is 27.2 Å². The van der Waals surface area contributed by atoms with Gasteiger partial charge in [0.2, 0.25) is 5.78 Å². The van der Waals surface area contributed by atoms with Gasteiger partial charge in [-0.25, -0.2) is 9.37 Å². The first-order chi connectivity index (χ1) is 8.77. The number of halogens is 1. The number of thiophene rings is 1. The number of pyridine rings is 1. The molecule has 0 spiro atoms. The largest absolute Gasteiger partial charge is 0.287 e. The Kier molecular flexibility index (Phi) is 2.64. The fourth-order valence-corrected chi connectivity index (χ4v) is 2.76. The van der Waals surface area contributed by atoms with Gasteiger partial charge >= 0.3 is 0 Å². The van der Waals surface area contributed by atoms with E-state index in [1.54, 1.807) is 12.1 Å². The molecule has 2 aromatic heterocycles. The van der Waals surface area contributed by atoms with Gasteiger partial charge in [-0.1, -0.05) is 12.1 Å². The van der Waals surface area contributed by atoms with Gasteiger partial charge in [-0.2, -0.15) is 0 Å². The number of benzene rings is 1. The van der Waals surface area contributed by atoms with Crippen LogP contribution in [-0.2, 0) is 0 Å². The van der Waals surface area contributed by atoms with E-state index in [0.717, 1.165) is 10.1 Å². The highest BCUT2D eigenvalue weighted by atomic mass is 32.1. The highest BCUT2D eigenvalue weighted by Crippen LogP contribution is 2.26. The first kappa shape index (κ1) is 11.0. The summed E-state index contributed by atoms with van der Waals surface area (Å²) in [4.78, 5) is 16.1. The molecule has 0 amide bonds. The molecule has 0 bridgehead atoms. The number of hydrogen-bond acceptors (Lipinski definition) is 3. The second-order valence-corrected chi connectivity index (χ2v) is 4.72.